The Morgan fingerprint density at radius 1 is 1.30 bits per heavy atom. The molecule has 0 spiro atoms. The molecule has 0 aliphatic heterocycles. The number of aromatic nitrogens is 1. The summed E-state index contributed by atoms with van der Waals surface area (Å²) in [5, 5.41) is 11.2. The molecule has 0 N–H and O–H groups in total. The first kappa shape index (κ1) is 15.0. The van der Waals surface area contributed by atoms with Gasteiger partial charge in [0.25, 0.3) is 0 Å². The van der Waals surface area contributed by atoms with Gasteiger partial charge in [-0.2, -0.15) is 0 Å². The van der Waals surface area contributed by atoms with Crippen molar-refractivity contribution >= 4 is 44.8 Å². The van der Waals surface area contributed by atoms with E-state index >= 15 is 0 Å². The predicted octanol–water partition coefficient (Wildman–Crippen LogP) is 4.64. The fourth-order valence-electron chi connectivity index (χ4n) is 1.42. The lowest BCUT2D eigenvalue weighted by Crippen LogP contribution is -2.01. The molecule has 0 aliphatic rings. The summed E-state index contributed by atoms with van der Waals surface area (Å²) in [4.78, 5) is 14.5. The summed E-state index contributed by atoms with van der Waals surface area (Å²) in [5.41, 5.74) is 0.394. The minimum absolute atomic E-state index is 0.0501. The quantitative estimate of drug-likeness (QED) is 0.575. The van der Waals surface area contributed by atoms with Crippen LogP contribution in [0.25, 0.3) is 0 Å². The first-order valence-electron chi connectivity index (χ1n) is 5.34. The Morgan fingerprint density at radius 3 is 2.60 bits per heavy atom. The van der Waals surface area contributed by atoms with Gasteiger partial charge in [-0.15, -0.1) is 0 Å². The number of nitro benzene ring substituents is 1. The van der Waals surface area contributed by atoms with Gasteiger partial charge in [-0.25, -0.2) is 0 Å². The van der Waals surface area contributed by atoms with Crippen molar-refractivity contribution in [2.45, 2.75) is 6.61 Å². The molecule has 2 rings (SSSR count). The average molecular weight is 378 g/mol. The van der Waals surface area contributed by atoms with E-state index in [1.807, 2.05) is 0 Å². The molecule has 5 nitrogen and oxygen atoms in total. The van der Waals surface area contributed by atoms with Crippen LogP contribution < -0.4 is 4.74 Å². The van der Waals surface area contributed by atoms with E-state index in [0.29, 0.717) is 5.69 Å². The number of nitro groups is 1. The van der Waals surface area contributed by atoms with E-state index < -0.39 is 4.92 Å². The van der Waals surface area contributed by atoms with Gasteiger partial charge in [0.2, 0.25) is 0 Å². The van der Waals surface area contributed by atoms with Crippen molar-refractivity contribution in [3.05, 3.63) is 60.8 Å². The summed E-state index contributed by atoms with van der Waals surface area (Å²) in [7, 11) is 0. The molecular formula is C12H7BrCl2N2O3. The van der Waals surface area contributed by atoms with Gasteiger partial charge < -0.3 is 4.74 Å². The van der Waals surface area contributed by atoms with Crippen LogP contribution in [0.1, 0.15) is 5.69 Å². The van der Waals surface area contributed by atoms with E-state index in [1.165, 1.54) is 6.07 Å². The number of benzene rings is 1. The van der Waals surface area contributed by atoms with E-state index in [4.69, 9.17) is 27.9 Å². The van der Waals surface area contributed by atoms with Crippen LogP contribution in [0.3, 0.4) is 0 Å². The van der Waals surface area contributed by atoms with Gasteiger partial charge in [0, 0.05) is 22.8 Å². The van der Waals surface area contributed by atoms with Crippen LogP contribution in [0.5, 0.6) is 5.75 Å². The van der Waals surface area contributed by atoms with Crippen LogP contribution in [0, 0.1) is 10.1 Å². The van der Waals surface area contributed by atoms with Gasteiger partial charge in [0.15, 0.2) is 5.75 Å². The molecule has 0 fully saturated rings. The number of pyridine rings is 1. The van der Waals surface area contributed by atoms with Gasteiger partial charge >= 0.3 is 5.69 Å². The van der Waals surface area contributed by atoms with Crippen molar-refractivity contribution in [2.24, 2.45) is 0 Å². The Labute approximate surface area is 132 Å². The van der Waals surface area contributed by atoms with E-state index in [0.717, 1.165) is 10.5 Å². The summed E-state index contributed by atoms with van der Waals surface area (Å²) >= 11 is 14.9. The van der Waals surface area contributed by atoms with Gasteiger partial charge in [-0.05, 0) is 28.1 Å². The van der Waals surface area contributed by atoms with E-state index in [9.17, 15) is 10.1 Å². The molecule has 20 heavy (non-hydrogen) atoms. The van der Waals surface area contributed by atoms with Gasteiger partial charge in [0.1, 0.15) is 6.61 Å². The topological polar surface area (TPSA) is 65.3 Å². The highest BCUT2D eigenvalue weighted by atomic mass is 79.9. The second-order valence-corrected chi connectivity index (χ2v) is 5.48. The van der Waals surface area contributed by atoms with Crippen molar-refractivity contribution in [2.75, 3.05) is 0 Å². The second kappa shape index (κ2) is 6.39. The number of ether oxygens (including phenoxy) is 1. The molecule has 0 saturated carbocycles. The smallest absolute Gasteiger partial charge is 0.312 e. The Balaban J connectivity index is 2.22. The van der Waals surface area contributed by atoms with Gasteiger partial charge in [-0.3, -0.25) is 15.1 Å². The van der Waals surface area contributed by atoms with Crippen LogP contribution in [0.4, 0.5) is 5.69 Å². The van der Waals surface area contributed by atoms with Crippen LogP contribution in [-0.4, -0.2) is 9.91 Å². The third kappa shape index (κ3) is 3.59. The van der Waals surface area contributed by atoms with E-state index in [1.54, 1.807) is 18.3 Å². The molecule has 0 aliphatic carbocycles. The summed E-state index contributed by atoms with van der Waals surface area (Å²) < 4.78 is 6.23. The first-order valence-corrected chi connectivity index (χ1v) is 6.89. The molecule has 1 aromatic heterocycles. The summed E-state index contributed by atoms with van der Waals surface area (Å²) in [6.45, 7) is 0.0894. The molecule has 0 atom stereocenters. The maximum atomic E-state index is 10.9. The standard InChI is InChI=1S/C12H7BrCl2N2O3/c13-7-1-2-8(16-5-7)6-20-12-4-10(15)9(14)3-11(12)17(18)19/h1-5H,6H2. The van der Waals surface area contributed by atoms with Crippen LogP contribution in [0.15, 0.2) is 34.9 Å². The third-order valence-electron chi connectivity index (χ3n) is 2.36. The molecule has 0 saturated heterocycles. The fourth-order valence-corrected chi connectivity index (χ4v) is 1.97. The lowest BCUT2D eigenvalue weighted by atomic mass is 10.3. The van der Waals surface area contributed by atoms with Crippen molar-refractivity contribution in [1.82, 2.24) is 4.98 Å². The first-order chi connectivity index (χ1) is 9.47. The van der Waals surface area contributed by atoms with Crippen LogP contribution in [-0.2, 0) is 6.61 Å². The van der Waals surface area contributed by atoms with Crippen molar-refractivity contribution in [1.29, 1.82) is 0 Å². The second-order valence-electron chi connectivity index (χ2n) is 3.75. The summed E-state index contributed by atoms with van der Waals surface area (Å²) in [6, 6.07) is 6.03. The largest absolute Gasteiger partial charge is 0.480 e. The Morgan fingerprint density at radius 2 is 2.00 bits per heavy atom. The molecule has 0 unspecified atom stereocenters. The third-order valence-corrected chi connectivity index (χ3v) is 3.55. The van der Waals surface area contributed by atoms with Crippen LogP contribution >= 0.6 is 39.1 Å². The van der Waals surface area contributed by atoms with Crippen molar-refractivity contribution in [3.63, 3.8) is 0 Å². The lowest BCUT2D eigenvalue weighted by molar-refractivity contribution is -0.385. The SMILES string of the molecule is O=[N+]([O-])c1cc(Cl)c(Cl)cc1OCc1ccc(Br)cn1. The Hall–Kier alpha value is -1.37. The highest BCUT2D eigenvalue weighted by Gasteiger charge is 2.18. The molecule has 1 heterocycles. The molecule has 0 radical (unpaired) electrons. The van der Waals surface area contributed by atoms with Crippen LogP contribution in [0.2, 0.25) is 10.0 Å². The zero-order chi connectivity index (χ0) is 14.7. The number of hydrogen-bond donors (Lipinski definition) is 0. The molecule has 8 heteroatoms. The number of hydrogen-bond acceptors (Lipinski definition) is 4. The summed E-state index contributed by atoms with van der Waals surface area (Å²) in [6.07, 6.45) is 1.61. The van der Waals surface area contributed by atoms with E-state index in [-0.39, 0.29) is 28.1 Å². The van der Waals surface area contributed by atoms with E-state index in [2.05, 4.69) is 20.9 Å². The molecule has 2 aromatic rings. The molecular weight excluding hydrogens is 371 g/mol. The average Bonchev–Trinajstić information content (AvgIpc) is 2.41. The maximum Gasteiger partial charge on any atom is 0.312 e. The van der Waals surface area contributed by atoms with Crippen molar-refractivity contribution in [3.8, 4) is 5.75 Å². The van der Waals surface area contributed by atoms with Crippen molar-refractivity contribution < 1.29 is 9.66 Å². The summed E-state index contributed by atoms with van der Waals surface area (Å²) in [5.74, 6) is 0.0501. The van der Waals surface area contributed by atoms with Gasteiger partial charge in [0.05, 0.1) is 20.7 Å². The highest BCUT2D eigenvalue weighted by molar-refractivity contribution is 9.10. The number of nitrogens with zero attached hydrogens (tertiary/aromatic N) is 2. The molecule has 1 aromatic carbocycles. The molecule has 104 valence electrons. The molecule has 0 amide bonds. The number of halogens is 3. The number of rotatable bonds is 4. The Bertz CT molecular complexity index is 650. The highest BCUT2D eigenvalue weighted by Crippen LogP contribution is 2.35. The monoisotopic (exact) mass is 376 g/mol. The fraction of sp³-hybridized carbons (Fsp3) is 0.0833. The van der Waals surface area contributed by atoms with Gasteiger partial charge in [-0.1, -0.05) is 23.2 Å². The minimum Gasteiger partial charge on any atom is -0.480 e. The lowest BCUT2D eigenvalue weighted by Gasteiger charge is -2.07. The zero-order valence-corrected chi connectivity index (χ0v) is 12.9. The predicted molar refractivity (Wildman–Crippen MR) is 79.4 cm³/mol. The zero-order valence-electron chi connectivity index (χ0n) is 9.85. The minimum atomic E-state index is -0.577. The molecule has 0 bridgehead atoms. The maximum absolute atomic E-state index is 10.9. The Kier molecular flexibility index (Phi) is 4.80. The normalized spacial score (nSPS) is 10.3.